The first-order chi connectivity index (χ1) is 13.3. The lowest BCUT2D eigenvalue weighted by Crippen LogP contribution is -2.60. The summed E-state index contributed by atoms with van der Waals surface area (Å²) in [5, 5.41) is 9.64. The van der Waals surface area contributed by atoms with Crippen LogP contribution in [0.1, 0.15) is 92.4 Å². The highest BCUT2D eigenvalue weighted by Gasteiger charge is 2.67. The van der Waals surface area contributed by atoms with E-state index in [4.69, 9.17) is 4.74 Å². The molecule has 0 radical (unpaired) electrons. The lowest BCUT2D eigenvalue weighted by atomic mass is 9.42. The number of aliphatic hydroxyl groups excluding tert-OH is 1. The molecule has 0 spiro atoms. The molecule has 0 amide bonds. The van der Waals surface area contributed by atoms with Crippen LogP contribution in [-0.2, 0) is 9.53 Å². The molecule has 3 heteroatoms. The van der Waals surface area contributed by atoms with Crippen LogP contribution in [0.2, 0.25) is 0 Å². The predicted octanol–water partition coefficient (Wildman–Crippen LogP) is 5.64. The van der Waals surface area contributed by atoms with Gasteiger partial charge in [-0.2, -0.15) is 0 Å². The van der Waals surface area contributed by atoms with Gasteiger partial charge in [-0.25, -0.2) is 0 Å². The van der Waals surface area contributed by atoms with Crippen molar-refractivity contribution in [2.24, 2.45) is 39.9 Å². The minimum absolute atomic E-state index is 0.0352. The summed E-state index contributed by atoms with van der Waals surface area (Å²) in [7, 11) is 1.89. The molecule has 0 aromatic carbocycles. The maximum Gasteiger partial charge on any atom is 0.164 e. The van der Waals surface area contributed by atoms with E-state index in [2.05, 4.69) is 20.8 Å². The van der Waals surface area contributed by atoms with Crippen molar-refractivity contribution < 1.29 is 14.6 Å². The number of fused-ring (bicyclic) bond motifs is 5. The second-order valence-corrected chi connectivity index (χ2v) is 10.7. The standard InChI is InChI=1S/C23H38O3.C2H6/c1-21-11-6-5-7-15(21)8-9-16-17-10-12-22(2,19(25)14-24)23(17,3)13-18(26-4)20(16)21;1-2/h15-18,20,24H,5-14H2,1-4H3;1-2H3. The van der Waals surface area contributed by atoms with E-state index in [1.54, 1.807) is 0 Å². The van der Waals surface area contributed by atoms with E-state index in [-0.39, 0.29) is 23.9 Å². The molecule has 28 heavy (non-hydrogen) atoms. The average Bonchev–Trinajstić information content (AvgIpc) is 2.99. The summed E-state index contributed by atoms with van der Waals surface area (Å²) in [6.07, 6.45) is 11.5. The summed E-state index contributed by atoms with van der Waals surface area (Å²) in [5.41, 5.74) is -0.00580. The Morgan fingerprint density at radius 3 is 2.39 bits per heavy atom. The molecule has 0 heterocycles. The fourth-order valence-electron chi connectivity index (χ4n) is 8.49. The zero-order valence-corrected chi connectivity index (χ0v) is 19.2. The number of ether oxygens (including phenoxy) is 1. The average molecular weight is 393 g/mol. The highest BCUT2D eigenvalue weighted by molar-refractivity contribution is 5.86. The molecule has 0 aromatic heterocycles. The summed E-state index contributed by atoms with van der Waals surface area (Å²) in [4.78, 5) is 12.8. The molecular formula is C25H44O3. The number of methoxy groups -OCH3 is 1. The van der Waals surface area contributed by atoms with Gasteiger partial charge in [-0.05, 0) is 79.4 Å². The second kappa shape index (κ2) is 8.02. The van der Waals surface area contributed by atoms with Crippen molar-refractivity contribution >= 4 is 5.78 Å². The van der Waals surface area contributed by atoms with Gasteiger partial charge in [-0.15, -0.1) is 0 Å². The maximum atomic E-state index is 12.8. The molecule has 4 rings (SSSR count). The largest absolute Gasteiger partial charge is 0.389 e. The van der Waals surface area contributed by atoms with Crippen LogP contribution in [0.15, 0.2) is 0 Å². The number of hydrogen-bond donors (Lipinski definition) is 1. The van der Waals surface area contributed by atoms with Crippen molar-refractivity contribution in [3.8, 4) is 0 Å². The monoisotopic (exact) mass is 392 g/mol. The van der Waals surface area contributed by atoms with E-state index in [1.165, 1.54) is 38.5 Å². The third-order valence-corrected chi connectivity index (χ3v) is 10.2. The van der Waals surface area contributed by atoms with E-state index in [0.29, 0.717) is 23.2 Å². The Morgan fingerprint density at radius 2 is 1.75 bits per heavy atom. The summed E-state index contributed by atoms with van der Waals surface area (Å²) >= 11 is 0. The van der Waals surface area contributed by atoms with Crippen molar-refractivity contribution in [1.29, 1.82) is 0 Å². The highest BCUT2D eigenvalue weighted by atomic mass is 16.5. The van der Waals surface area contributed by atoms with Crippen LogP contribution in [0.4, 0.5) is 0 Å². The summed E-state index contributed by atoms with van der Waals surface area (Å²) in [5.74, 6) is 2.86. The minimum Gasteiger partial charge on any atom is -0.389 e. The molecule has 4 aliphatic carbocycles. The smallest absolute Gasteiger partial charge is 0.164 e. The summed E-state index contributed by atoms with van der Waals surface area (Å²) < 4.78 is 6.18. The normalized spacial score (nSPS) is 49.9. The molecular weight excluding hydrogens is 348 g/mol. The summed E-state index contributed by atoms with van der Waals surface area (Å²) in [6, 6.07) is 0. The lowest BCUT2D eigenvalue weighted by molar-refractivity contribution is -0.189. The first kappa shape index (κ1) is 22.3. The third-order valence-electron chi connectivity index (χ3n) is 10.2. The number of hydrogen-bond acceptors (Lipinski definition) is 3. The van der Waals surface area contributed by atoms with Crippen LogP contribution in [0.3, 0.4) is 0 Å². The third kappa shape index (κ3) is 2.94. The molecule has 8 atom stereocenters. The summed E-state index contributed by atoms with van der Waals surface area (Å²) in [6.45, 7) is 10.7. The molecule has 0 saturated heterocycles. The lowest BCUT2D eigenvalue weighted by Gasteiger charge is -2.63. The molecule has 162 valence electrons. The Hall–Kier alpha value is -0.410. The Morgan fingerprint density at radius 1 is 1.04 bits per heavy atom. The van der Waals surface area contributed by atoms with Crippen molar-refractivity contribution in [3.63, 3.8) is 0 Å². The zero-order valence-electron chi connectivity index (χ0n) is 19.2. The van der Waals surface area contributed by atoms with Crippen molar-refractivity contribution in [2.45, 2.75) is 98.5 Å². The van der Waals surface area contributed by atoms with E-state index < -0.39 is 5.41 Å². The number of ketones is 1. The Bertz CT molecular complexity index is 574. The Kier molecular flexibility index (Phi) is 6.38. The molecule has 4 aliphatic rings. The molecule has 4 saturated carbocycles. The molecule has 4 fully saturated rings. The van der Waals surface area contributed by atoms with E-state index in [0.717, 1.165) is 25.2 Å². The van der Waals surface area contributed by atoms with Gasteiger partial charge in [0.25, 0.3) is 0 Å². The number of Topliss-reactive ketones (excluding diaryl/α,β-unsaturated/α-hetero) is 1. The number of rotatable bonds is 3. The van der Waals surface area contributed by atoms with Gasteiger partial charge in [-0.1, -0.05) is 47.5 Å². The maximum absolute atomic E-state index is 12.8. The topological polar surface area (TPSA) is 46.5 Å². The van der Waals surface area contributed by atoms with Gasteiger partial charge in [0.05, 0.1) is 6.10 Å². The van der Waals surface area contributed by atoms with Gasteiger partial charge >= 0.3 is 0 Å². The number of carbonyl (C=O) groups excluding carboxylic acids is 1. The molecule has 8 unspecified atom stereocenters. The van der Waals surface area contributed by atoms with Gasteiger partial charge in [0.1, 0.15) is 6.61 Å². The number of aliphatic hydroxyl groups is 1. The first-order valence-corrected chi connectivity index (χ1v) is 12.0. The molecule has 0 aromatic rings. The second-order valence-electron chi connectivity index (χ2n) is 10.7. The van der Waals surface area contributed by atoms with Gasteiger partial charge in [0.15, 0.2) is 5.78 Å². The van der Waals surface area contributed by atoms with Gasteiger partial charge in [0.2, 0.25) is 0 Å². The highest BCUT2D eigenvalue weighted by Crippen LogP contribution is 2.70. The van der Waals surface area contributed by atoms with E-state index in [9.17, 15) is 9.90 Å². The molecule has 0 aliphatic heterocycles. The molecule has 0 bridgehead atoms. The van der Waals surface area contributed by atoms with Crippen LogP contribution in [-0.4, -0.2) is 30.7 Å². The molecule has 1 N–H and O–H groups in total. The van der Waals surface area contributed by atoms with Crippen LogP contribution in [0.5, 0.6) is 0 Å². The van der Waals surface area contributed by atoms with Gasteiger partial charge < -0.3 is 9.84 Å². The zero-order chi connectivity index (χ0) is 20.7. The Labute approximate surface area is 173 Å². The van der Waals surface area contributed by atoms with Crippen molar-refractivity contribution in [1.82, 2.24) is 0 Å². The van der Waals surface area contributed by atoms with Crippen LogP contribution in [0.25, 0.3) is 0 Å². The fourth-order valence-corrected chi connectivity index (χ4v) is 8.49. The fraction of sp³-hybridized carbons (Fsp3) is 0.960. The van der Waals surface area contributed by atoms with Crippen LogP contribution in [0, 0.1) is 39.9 Å². The quantitative estimate of drug-likeness (QED) is 0.676. The predicted molar refractivity (Wildman–Crippen MR) is 114 cm³/mol. The van der Waals surface area contributed by atoms with Crippen LogP contribution < -0.4 is 0 Å². The van der Waals surface area contributed by atoms with Gasteiger partial charge in [0, 0.05) is 12.5 Å². The van der Waals surface area contributed by atoms with Crippen molar-refractivity contribution in [3.05, 3.63) is 0 Å². The van der Waals surface area contributed by atoms with Crippen molar-refractivity contribution in [2.75, 3.05) is 13.7 Å². The van der Waals surface area contributed by atoms with E-state index in [1.807, 2.05) is 21.0 Å². The molecule has 3 nitrogen and oxygen atoms in total. The van der Waals surface area contributed by atoms with Gasteiger partial charge in [-0.3, -0.25) is 4.79 Å². The number of carbonyl (C=O) groups is 1. The Balaban J connectivity index is 0.00000109. The SMILES string of the molecule is CC.COC1CC2(C)C(CCC2(C)C(=O)CO)C2CCC3CCCCC3(C)C12. The minimum atomic E-state index is -0.390. The first-order valence-electron chi connectivity index (χ1n) is 12.0. The van der Waals surface area contributed by atoms with Crippen LogP contribution >= 0.6 is 0 Å². The van der Waals surface area contributed by atoms with E-state index >= 15 is 0 Å².